The first-order valence-corrected chi connectivity index (χ1v) is 14.1. The molecule has 1 amide bonds. The molecular weight excluding hydrogens is 556 g/mol. The fraction of sp³-hybridized carbons (Fsp3) is 0.214. The van der Waals surface area contributed by atoms with E-state index >= 15 is 0 Å². The highest BCUT2D eigenvalue weighted by Crippen LogP contribution is 2.50. The molecule has 10 nitrogen and oxygen atoms in total. The number of amides is 1. The van der Waals surface area contributed by atoms with Crippen LogP contribution in [-0.2, 0) is 33.4 Å². The lowest BCUT2D eigenvalue weighted by Crippen LogP contribution is -2.52. The molecule has 0 aliphatic carbocycles. The van der Waals surface area contributed by atoms with E-state index in [1.165, 1.54) is 57.0 Å². The number of fused-ring (bicyclic) bond motifs is 1. The Hall–Kier alpha value is -3.90. The number of ether oxygens (including phenoxy) is 2. The third-order valence-corrected chi connectivity index (χ3v) is 8.67. The largest absolute Gasteiger partial charge is 0.497 e. The predicted octanol–water partition coefficient (Wildman–Crippen LogP) is 3.83. The smallest absolute Gasteiger partial charge is 0.270 e. The van der Waals surface area contributed by atoms with E-state index in [0.717, 1.165) is 9.87 Å². The molecule has 208 valence electrons. The number of nitrogens with one attached hydrogen (secondary N) is 2. The zero-order valence-electron chi connectivity index (χ0n) is 22.0. The summed E-state index contributed by atoms with van der Waals surface area (Å²) in [5.41, 5.74) is 0.0296. The van der Waals surface area contributed by atoms with Crippen LogP contribution >= 0.6 is 11.6 Å². The molecule has 40 heavy (non-hydrogen) atoms. The highest BCUT2D eigenvalue weighted by Gasteiger charge is 2.57. The van der Waals surface area contributed by atoms with Gasteiger partial charge in [-0.1, -0.05) is 17.7 Å². The first-order chi connectivity index (χ1) is 19.3. The summed E-state index contributed by atoms with van der Waals surface area (Å²) < 4.78 is 45.3. The quantitative estimate of drug-likeness (QED) is 0.287. The number of nitrogens with zero attached hydrogens (tertiary/aromatic N) is 2. The van der Waals surface area contributed by atoms with Gasteiger partial charge < -0.3 is 19.2 Å². The van der Waals surface area contributed by atoms with Gasteiger partial charge in [-0.05, 0) is 67.2 Å². The van der Waals surface area contributed by atoms with E-state index in [2.05, 4.69) is 15.6 Å². The number of anilines is 1. The molecule has 2 heterocycles. The molecule has 2 N–H and O–H groups in total. The third kappa shape index (κ3) is 4.60. The fourth-order valence-corrected chi connectivity index (χ4v) is 6.53. The van der Waals surface area contributed by atoms with Crippen LogP contribution in [0.15, 0.2) is 82.4 Å². The van der Waals surface area contributed by atoms with Crippen molar-refractivity contribution in [1.82, 2.24) is 15.6 Å². The van der Waals surface area contributed by atoms with Gasteiger partial charge in [0.15, 0.2) is 5.54 Å². The summed E-state index contributed by atoms with van der Waals surface area (Å²) in [7, 11) is 0.399. The van der Waals surface area contributed by atoms with Crippen molar-refractivity contribution in [2.45, 2.75) is 23.5 Å². The molecule has 1 unspecified atom stereocenters. The minimum absolute atomic E-state index is 0.000522. The maximum absolute atomic E-state index is 14.7. The summed E-state index contributed by atoms with van der Waals surface area (Å²) in [5, 5.41) is 6.69. The van der Waals surface area contributed by atoms with Gasteiger partial charge in [0.2, 0.25) is 5.89 Å². The molecule has 1 atom stereocenters. The van der Waals surface area contributed by atoms with Crippen LogP contribution in [0, 0.1) is 0 Å². The number of carbonyl (C=O) groups excluding carboxylic acids is 1. The summed E-state index contributed by atoms with van der Waals surface area (Å²) in [6.45, 7) is 0.498. The lowest BCUT2D eigenvalue weighted by Gasteiger charge is -2.32. The number of aromatic nitrogens is 1. The van der Waals surface area contributed by atoms with E-state index in [1.807, 2.05) is 12.1 Å². The van der Waals surface area contributed by atoms with E-state index in [4.69, 9.17) is 25.5 Å². The molecule has 1 aliphatic heterocycles. The van der Waals surface area contributed by atoms with Gasteiger partial charge in [0.25, 0.3) is 15.9 Å². The van der Waals surface area contributed by atoms with Gasteiger partial charge in [0, 0.05) is 22.7 Å². The molecule has 0 fully saturated rings. The Morgan fingerprint density at radius 1 is 1.00 bits per heavy atom. The minimum Gasteiger partial charge on any atom is -0.497 e. The average Bonchev–Trinajstić information content (AvgIpc) is 3.56. The van der Waals surface area contributed by atoms with Crippen molar-refractivity contribution in [3.05, 3.63) is 101 Å². The van der Waals surface area contributed by atoms with Crippen molar-refractivity contribution in [3.63, 3.8) is 0 Å². The van der Waals surface area contributed by atoms with E-state index in [1.54, 1.807) is 25.2 Å². The SMILES string of the molecule is CNCc1ccc(OC)c(C2(NCc3ncco3)C(=O)N(S(=O)(=O)c3ccc(OC)cc3)c3ccc(Cl)cc32)c1. The summed E-state index contributed by atoms with van der Waals surface area (Å²) in [4.78, 5) is 18.8. The van der Waals surface area contributed by atoms with Crippen LogP contribution in [0.1, 0.15) is 22.6 Å². The second-order valence-electron chi connectivity index (χ2n) is 9.01. The third-order valence-electron chi connectivity index (χ3n) is 6.72. The average molecular weight is 583 g/mol. The zero-order chi connectivity index (χ0) is 28.5. The van der Waals surface area contributed by atoms with Gasteiger partial charge >= 0.3 is 0 Å². The summed E-state index contributed by atoms with van der Waals surface area (Å²) >= 11 is 6.46. The van der Waals surface area contributed by atoms with Crippen LogP contribution in [0.25, 0.3) is 0 Å². The lowest BCUT2D eigenvalue weighted by molar-refractivity contribution is -0.121. The molecule has 4 aromatic rings. The molecule has 0 spiro atoms. The van der Waals surface area contributed by atoms with Crippen molar-refractivity contribution in [2.75, 3.05) is 25.6 Å². The number of hydrogen-bond acceptors (Lipinski definition) is 9. The number of hydrogen-bond donors (Lipinski definition) is 2. The normalized spacial score (nSPS) is 16.7. The molecular formula is C28H27ClN4O6S. The molecule has 1 aromatic heterocycles. The van der Waals surface area contributed by atoms with Crippen molar-refractivity contribution in [1.29, 1.82) is 0 Å². The van der Waals surface area contributed by atoms with Gasteiger partial charge in [-0.15, -0.1) is 0 Å². The first-order valence-electron chi connectivity index (χ1n) is 12.3. The number of halogens is 1. The second kappa shape index (κ2) is 10.9. The van der Waals surface area contributed by atoms with Crippen LogP contribution < -0.4 is 24.4 Å². The highest BCUT2D eigenvalue weighted by atomic mass is 35.5. The molecule has 0 saturated carbocycles. The number of sulfonamides is 1. The van der Waals surface area contributed by atoms with Crippen molar-refractivity contribution in [3.8, 4) is 11.5 Å². The van der Waals surface area contributed by atoms with Crippen LogP contribution in [0.4, 0.5) is 5.69 Å². The maximum Gasteiger partial charge on any atom is 0.270 e. The van der Waals surface area contributed by atoms with Crippen LogP contribution in [0.3, 0.4) is 0 Å². The van der Waals surface area contributed by atoms with Crippen LogP contribution in [0.5, 0.6) is 11.5 Å². The van der Waals surface area contributed by atoms with Crippen molar-refractivity contribution >= 4 is 33.2 Å². The van der Waals surface area contributed by atoms with Gasteiger partial charge in [-0.3, -0.25) is 10.1 Å². The lowest BCUT2D eigenvalue weighted by atomic mass is 9.82. The van der Waals surface area contributed by atoms with Crippen molar-refractivity contribution < 1.29 is 27.1 Å². The van der Waals surface area contributed by atoms with Crippen LogP contribution in [0.2, 0.25) is 5.02 Å². The number of carbonyl (C=O) groups is 1. The minimum atomic E-state index is -4.38. The number of methoxy groups -OCH3 is 2. The maximum atomic E-state index is 14.7. The Morgan fingerprint density at radius 3 is 2.42 bits per heavy atom. The van der Waals surface area contributed by atoms with Gasteiger partial charge in [0.1, 0.15) is 17.8 Å². The Balaban J connectivity index is 1.77. The molecule has 5 rings (SSSR count). The summed E-state index contributed by atoms with van der Waals surface area (Å²) in [5.74, 6) is 0.402. The monoisotopic (exact) mass is 582 g/mol. The Labute approximate surface area is 236 Å². The molecule has 0 radical (unpaired) electrons. The van der Waals surface area contributed by atoms with Gasteiger partial charge in [-0.25, -0.2) is 17.7 Å². The standard InChI is InChI=1S/C28H27ClN4O6S/c1-30-16-18-4-11-25(38-3)23(14-18)28(32-17-26-31-12-13-39-26)22-15-19(29)5-10-24(22)33(27(28)34)40(35,36)21-8-6-20(37-2)7-9-21/h4-15,30,32H,16-17H2,1-3H3. The second-order valence-corrected chi connectivity index (χ2v) is 11.2. The van der Waals surface area contributed by atoms with Gasteiger partial charge in [0.05, 0.1) is 37.5 Å². The predicted molar refractivity (Wildman–Crippen MR) is 149 cm³/mol. The molecule has 3 aromatic carbocycles. The Morgan fingerprint density at radius 2 is 1.77 bits per heavy atom. The topological polar surface area (TPSA) is 123 Å². The molecule has 0 saturated heterocycles. The Bertz CT molecular complexity index is 1640. The number of benzene rings is 3. The number of oxazole rings is 1. The highest BCUT2D eigenvalue weighted by molar-refractivity contribution is 7.93. The molecule has 1 aliphatic rings. The molecule has 12 heteroatoms. The van der Waals surface area contributed by atoms with E-state index in [-0.39, 0.29) is 17.1 Å². The molecule has 0 bridgehead atoms. The number of rotatable bonds is 10. The summed E-state index contributed by atoms with van der Waals surface area (Å²) in [6.07, 6.45) is 2.90. The summed E-state index contributed by atoms with van der Waals surface area (Å²) in [6, 6.07) is 15.9. The van der Waals surface area contributed by atoms with Crippen molar-refractivity contribution in [2.24, 2.45) is 0 Å². The van der Waals surface area contributed by atoms with Crippen LogP contribution in [-0.4, -0.2) is 40.6 Å². The van der Waals surface area contributed by atoms with E-state index in [9.17, 15) is 13.2 Å². The zero-order valence-corrected chi connectivity index (χ0v) is 23.5. The van der Waals surface area contributed by atoms with E-state index in [0.29, 0.717) is 40.1 Å². The fourth-order valence-electron chi connectivity index (χ4n) is 4.89. The van der Waals surface area contributed by atoms with Gasteiger partial charge in [-0.2, -0.15) is 0 Å². The Kier molecular flexibility index (Phi) is 7.56. The first kappa shape index (κ1) is 27.7. The van der Waals surface area contributed by atoms with E-state index < -0.39 is 21.5 Å².